The fourth-order valence-corrected chi connectivity index (χ4v) is 1.35. The molecule has 1 aromatic heterocycles. The van der Waals surface area contributed by atoms with Crippen molar-refractivity contribution in [3.8, 4) is 6.07 Å². The fraction of sp³-hybridized carbons (Fsp3) is 0. The number of anilines is 3. The third-order valence-corrected chi connectivity index (χ3v) is 2.08. The number of nitrogens with one attached hydrogen (secondary N) is 1. The van der Waals surface area contributed by atoms with Crippen molar-refractivity contribution >= 4 is 17.3 Å². The van der Waals surface area contributed by atoms with Gasteiger partial charge in [-0.05, 0) is 24.3 Å². The Hall–Kier alpha value is -2.54. The predicted molar refractivity (Wildman–Crippen MR) is 63.1 cm³/mol. The summed E-state index contributed by atoms with van der Waals surface area (Å²) in [6, 6.07) is 14.7. The van der Waals surface area contributed by atoms with E-state index in [0.717, 1.165) is 5.69 Å². The second-order valence-corrected chi connectivity index (χ2v) is 3.23. The van der Waals surface area contributed by atoms with E-state index in [4.69, 9.17) is 11.0 Å². The summed E-state index contributed by atoms with van der Waals surface area (Å²) in [4.78, 5) is 4.10. The number of nitrogen functional groups attached to an aromatic ring is 1. The molecule has 0 radical (unpaired) electrons. The number of nitrogens with two attached hydrogens (primary N) is 1. The molecule has 4 nitrogen and oxygen atoms in total. The van der Waals surface area contributed by atoms with Gasteiger partial charge in [0.25, 0.3) is 0 Å². The highest BCUT2D eigenvalue weighted by atomic mass is 15.0. The first-order valence-corrected chi connectivity index (χ1v) is 4.78. The first-order valence-electron chi connectivity index (χ1n) is 4.78. The molecule has 4 heteroatoms. The molecule has 0 saturated heterocycles. The smallest absolute Gasteiger partial charge is 0.132 e. The summed E-state index contributed by atoms with van der Waals surface area (Å²) in [5, 5.41) is 12.0. The van der Waals surface area contributed by atoms with Crippen molar-refractivity contribution in [1.82, 2.24) is 4.98 Å². The number of para-hydroxylation sites is 1. The highest BCUT2D eigenvalue weighted by molar-refractivity contribution is 5.64. The molecular weight excluding hydrogens is 200 g/mol. The van der Waals surface area contributed by atoms with Crippen LogP contribution in [-0.4, -0.2) is 4.98 Å². The van der Waals surface area contributed by atoms with Gasteiger partial charge < -0.3 is 11.1 Å². The minimum absolute atomic E-state index is 0.444. The Labute approximate surface area is 93.4 Å². The molecule has 2 rings (SSSR count). The maximum Gasteiger partial charge on any atom is 0.132 e. The lowest BCUT2D eigenvalue weighted by Gasteiger charge is -2.07. The Kier molecular flexibility index (Phi) is 2.70. The molecule has 0 atom stereocenters. The topological polar surface area (TPSA) is 74.7 Å². The van der Waals surface area contributed by atoms with Crippen LogP contribution in [0.4, 0.5) is 17.3 Å². The molecule has 0 aliphatic carbocycles. The van der Waals surface area contributed by atoms with Crippen LogP contribution in [0, 0.1) is 11.3 Å². The van der Waals surface area contributed by atoms with Crippen LogP contribution in [0.2, 0.25) is 0 Å². The van der Waals surface area contributed by atoms with Gasteiger partial charge in [0.2, 0.25) is 0 Å². The van der Waals surface area contributed by atoms with Crippen LogP contribution >= 0.6 is 0 Å². The molecule has 3 N–H and O–H groups in total. The second kappa shape index (κ2) is 4.32. The van der Waals surface area contributed by atoms with Gasteiger partial charge in [0.1, 0.15) is 17.7 Å². The van der Waals surface area contributed by atoms with Crippen molar-refractivity contribution in [2.45, 2.75) is 0 Å². The highest BCUT2D eigenvalue weighted by Gasteiger charge is 2.01. The van der Waals surface area contributed by atoms with E-state index in [1.54, 1.807) is 24.3 Å². The van der Waals surface area contributed by atoms with Crippen molar-refractivity contribution in [2.75, 3.05) is 11.1 Å². The van der Waals surface area contributed by atoms with E-state index in [1.165, 1.54) is 0 Å². The molecule has 0 spiro atoms. The Morgan fingerprint density at radius 1 is 1.12 bits per heavy atom. The Balaban J connectivity index is 2.31. The lowest BCUT2D eigenvalue weighted by molar-refractivity contribution is 1.31. The normalized spacial score (nSPS) is 9.44. The first kappa shape index (κ1) is 9.99. The quantitative estimate of drug-likeness (QED) is 0.797. The Morgan fingerprint density at radius 2 is 1.94 bits per heavy atom. The SMILES string of the molecule is N#Cc1ccccc1Nc1cccc(N)n1. The minimum Gasteiger partial charge on any atom is -0.384 e. The molecular formula is C12H10N4. The van der Waals surface area contributed by atoms with Gasteiger partial charge in [-0.25, -0.2) is 4.98 Å². The lowest BCUT2D eigenvalue weighted by atomic mass is 10.2. The number of aromatic nitrogens is 1. The highest BCUT2D eigenvalue weighted by Crippen LogP contribution is 2.18. The zero-order valence-corrected chi connectivity index (χ0v) is 8.51. The zero-order valence-electron chi connectivity index (χ0n) is 8.51. The van der Waals surface area contributed by atoms with E-state index in [1.807, 2.05) is 18.2 Å². The molecule has 0 amide bonds. The van der Waals surface area contributed by atoms with E-state index in [2.05, 4.69) is 16.4 Å². The number of nitriles is 1. The molecule has 0 aliphatic rings. The summed E-state index contributed by atoms with van der Waals surface area (Å²) in [7, 11) is 0. The molecule has 2 aromatic rings. The van der Waals surface area contributed by atoms with Gasteiger partial charge in [0.15, 0.2) is 0 Å². The number of hydrogen-bond donors (Lipinski definition) is 2. The van der Waals surface area contributed by atoms with Crippen molar-refractivity contribution in [3.63, 3.8) is 0 Å². The van der Waals surface area contributed by atoms with Crippen LogP contribution < -0.4 is 11.1 Å². The molecule has 0 unspecified atom stereocenters. The predicted octanol–water partition coefficient (Wildman–Crippen LogP) is 2.28. The van der Waals surface area contributed by atoms with E-state index in [9.17, 15) is 0 Å². The summed E-state index contributed by atoms with van der Waals surface area (Å²) >= 11 is 0. The fourth-order valence-electron chi connectivity index (χ4n) is 1.35. The van der Waals surface area contributed by atoms with Crippen LogP contribution in [0.15, 0.2) is 42.5 Å². The van der Waals surface area contributed by atoms with Crippen molar-refractivity contribution < 1.29 is 0 Å². The monoisotopic (exact) mass is 210 g/mol. The van der Waals surface area contributed by atoms with E-state index in [-0.39, 0.29) is 0 Å². The average molecular weight is 210 g/mol. The third-order valence-electron chi connectivity index (χ3n) is 2.08. The van der Waals surface area contributed by atoms with Gasteiger partial charge in [0, 0.05) is 0 Å². The largest absolute Gasteiger partial charge is 0.384 e. The summed E-state index contributed by atoms with van der Waals surface area (Å²) in [6.45, 7) is 0. The van der Waals surface area contributed by atoms with Crippen molar-refractivity contribution in [2.24, 2.45) is 0 Å². The van der Waals surface area contributed by atoms with Crippen LogP contribution in [0.5, 0.6) is 0 Å². The Bertz CT molecular complexity index is 543. The third kappa shape index (κ3) is 2.10. The standard InChI is InChI=1S/C12H10N4/c13-8-9-4-1-2-5-10(9)15-12-7-3-6-11(14)16-12/h1-7H,(H3,14,15,16). The number of hydrogen-bond acceptors (Lipinski definition) is 4. The zero-order chi connectivity index (χ0) is 11.4. The lowest BCUT2D eigenvalue weighted by Crippen LogP contribution is -1.98. The van der Waals surface area contributed by atoms with Crippen molar-refractivity contribution in [3.05, 3.63) is 48.0 Å². The van der Waals surface area contributed by atoms with Crippen LogP contribution in [0.1, 0.15) is 5.56 Å². The average Bonchev–Trinajstić information content (AvgIpc) is 2.30. The van der Waals surface area contributed by atoms with Gasteiger partial charge in [-0.3, -0.25) is 0 Å². The van der Waals surface area contributed by atoms with Gasteiger partial charge >= 0.3 is 0 Å². The Morgan fingerprint density at radius 3 is 2.69 bits per heavy atom. The van der Waals surface area contributed by atoms with E-state index in [0.29, 0.717) is 17.2 Å². The van der Waals surface area contributed by atoms with Gasteiger partial charge in [-0.2, -0.15) is 5.26 Å². The second-order valence-electron chi connectivity index (χ2n) is 3.23. The van der Waals surface area contributed by atoms with Crippen LogP contribution in [0.25, 0.3) is 0 Å². The maximum atomic E-state index is 8.92. The number of rotatable bonds is 2. The van der Waals surface area contributed by atoms with Crippen molar-refractivity contribution in [1.29, 1.82) is 5.26 Å². The van der Waals surface area contributed by atoms with Crippen LogP contribution in [0.3, 0.4) is 0 Å². The molecule has 16 heavy (non-hydrogen) atoms. The summed E-state index contributed by atoms with van der Waals surface area (Å²) < 4.78 is 0. The van der Waals surface area contributed by atoms with Crippen LogP contribution in [-0.2, 0) is 0 Å². The molecule has 1 aromatic carbocycles. The molecule has 1 heterocycles. The molecule has 78 valence electrons. The molecule has 0 aliphatic heterocycles. The summed E-state index contributed by atoms with van der Waals surface area (Å²) in [5.41, 5.74) is 6.87. The summed E-state index contributed by atoms with van der Waals surface area (Å²) in [5.74, 6) is 1.07. The first-order chi connectivity index (χ1) is 7.79. The van der Waals surface area contributed by atoms with E-state index < -0.39 is 0 Å². The van der Waals surface area contributed by atoms with E-state index >= 15 is 0 Å². The number of benzene rings is 1. The maximum absolute atomic E-state index is 8.92. The van der Waals surface area contributed by atoms with Gasteiger partial charge in [-0.15, -0.1) is 0 Å². The van der Waals surface area contributed by atoms with Gasteiger partial charge in [-0.1, -0.05) is 18.2 Å². The number of nitrogens with zero attached hydrogens (tertiary/aromatic N) is 2. The van der Waals surface area contributed by atoms with Gasteiger partial charge in [0.05, 0.1) is 11.3 Å². The number of pyridine rings is 1. The molecule has 0 saturated carbocycles. The molecule has 0 fully saturated rings. The molecule has 0 bridgehead atoms. The summed E-state index contributed by atoms with van der Waals surface area (Å²) in [6.07, 6.45) is 0. The minimum atomic E-state index is 0.444.